The Kier molecular flexibility index (Phi) is 4.59. The van der Waals surface area contributed by atoms with E-state index in [1.165, 1.54) is 13.3 Å². The molecule has 4 rings (SSSR count). The first kappa shape index (κ1) is 18.9. The van der Waals surface area contributed by atoms with Crippen molar-refractivity contribution in [3.05, 3.63) is 12.2 Å². The minimum Gasteiger partial charge on any atom is -0.458 e. The Morgan fingerprint density at radius 2 is 1.89 bits per heavy atom. The molecule has 3 saturated carbocycles. The summed E-state index contributed by atoms with van der Waals surface area (Å²) in [5.74, 6) is 1.45. The lowest BCUT2D eigenvalue weighted by molar-refractivity contribution is -0.158. The van der Waals surface area contributed by atoms with Gasteiger partial charge in [-0.15, -0.1) is 0 Å². The number of ether oxygens (including phenoxy) is 1. The third kappa shape index (κ3) is 2.82. The first-order valence-electron chi connectivity index (χ1n) is 10.6. The number of esters is 1. The van der Waals surface area contributed by atoms with Crippen molar-refractivity contribution in [2.75, 3.05) is 6.61 Å². The molecule has 3 fully saturated rings. The summed E-state index contributed by atoms with van der Waals surface area (Å²) in [6, 6.07) is 0. The van der Waals surface area contributed by atoms with Gasteiger partial charge in [0.15, 0.2) is 5.78 Å². The molecule has 148 valence electrons. The summed E-state index contributed by atoms with van der Waals surface area (Å²) in [6.07, 6.45) is 11.4. The number of allylic oxidation sites excluding steroid dienone is 2. The number of carbonyl (C=O) groups is 3. The second kappa shape index (κ2) is 6.56. The van der Waals surface area contributed by atoms with Gasteiger partial charge in [-0.3, -0.25) is 14.4 Å². The van der Waals surface area contributed by atoms with E-state index in [1.807, 2.05) is 0 Å². The number of fused-ring (bicyclic) bond motifs is 5. The van der Waals surface area contributed by atoms with Crippen LogP contribution in [0.15, 0.2) is 12.2 Å². The Hall–Kier alpha value is -1.45. The van der Waals surface area contributed by atoms with Crippen LogP contribution in [0.4, 0.5) is 0 Å². The van der Waals surface area contributed by atoms with E-state index in [2.05, 4.69) is 26.0 Å². The van der Waals surface area contributed by atoms with Gasteiger partial charge in [0.2, 0.25) is 0 Å². The van der Waals surface area contributed by atoms with Gasteiger partial charge < -0.3 is 4.74 Å². The number of rotatable bonds is 3. The lowest BCUT2D eigenvalue weighted by atomic mass is 9.45. The summed E-state index contributed by atoms with van der Waals surface area (Å²) < 4.78 is 4.98. The van der Waals surface area contributed by atoms with Gasteiger partial charge in [0.05, 0.1) is 0 Å². The molecule has 4 nitrogen and oxygen atoms in total. The van der Waals surface area contributed by atoms with Gasteiger partial charge in [-0.1, -0.05) is 26.0 Å². The molecule has 7 atom stereocenters. The summed E-state index contributed by atoms with van der Waals surface area (Å²) in [6.45, 7) is 5.69. The first-order chi connectivity index (χ1) is 12.8. The standard InChI is InChI=1S/C23H32O4/c1-14(24)27-13-20(26)18-10-9-17-16-8-7-15-6-4-5-11-22(15,2)21(16)19(25)12-23(17,18)3/h4-5,15-18,21H,6-13H2,1-3H3/t15?,16-,17-,18+,21+,22-,23-/m0/s1. The molecule has 0 amide bonds. The Balaban J connectivity index is 1.60. The average molecular weight is 373 g/mol. The second-order valence-corrected chi connectivity index (χ2v) is 9.96. The van der Waals surface area contributed by atoms with Crippen molar-refractivity contribution < 1.29 is 19.1 Å². The lowest BCUT2D eigenvalue weighted by Gasteiger charge is -2.58. The molecule has 1 unspecified atom stereocenters. The monoisotopic (exact) mass is 372 g/mol. The van der Waals surface area contributed by atoms with Gasteiger partial charge in [0.25, 0.3) is 0 Å². The summed E-state index contributed by atoms with van der Waals surface area (Å²) in [4.78, 5) is 37.3. The average Bonchev–Trinajstić information content (AvgIpc) is 2.95. The Labute approximate surface area is 162 Å². The van der Waals surface area contributed by atoms with E-state index in [9.17, 15) is 14.4 Å². The topological polar surface area (TPSA) is 60.4 Å². The molecule has 4 heteroatoms. The van der Waals surface area contributed by atoms with E-state index in [-0.39, 0.29) is 35.1 Å². The largest absolute Gasteiger partial charge is 0.458 e. The normalized spacial score (nSPS) is 45.6. The van der Waals surface area contributed by atoms with Crippen LogP contribution in [0.1, 0.15) is 65.7 Å². The number of carbonyl (C=O) groups excluding carboxylic acids is 3. The van der Waals surface area contributed by atoms with Crippen LogP contribution in [-0.4, -0.2) is 24.1 Å². The molecule has 0 aromatic heterocycles. The van der Waals surface area contributed by atoms with Crippen LogP contribution in [0.25, 0.3) is 0 Å². The van der Waals surface area contributed by atoms with Crippen LogP contribution in [0.2, 0.25) is 0 Å². The van der Waals surface area contributed by atoms with Crippen molar-refractivity contribution in [3.63, 3.8) is 0 Å². The SMILES string of the molecule is CC(=O)OCC(=O)[C@H]1CC[C@H]2[C@@H]3CCC4CC=CC[C@]4(C)[C@H]3C(=O)C[C@]12C. The quantitative estimate of drug-likeness (QED) is 0.552. The molecule has 0 radical (unpaired) electrons. The molecule has 4 aliphatic carbocycles. The van der Waals surface area contributed by atoms with Gasteiger partial charge in [-0.05, 0) is 67.1 Å². The predicted molar refractivity (Wildman–Crippen MR) is 102 cm³/mol. The second-order valence-electron chi connectivity index (χ2n) is 9.96. The maximum atomic E-state index is 13.4. The molecule has 0 bridgehead atoms. The van der Waals surface area contributed by atoms with Crippen LogP contribution >= 0.6 is 0 Å². The summed E-state index contributed by atoms with van der Waals surface area (Å²) in [7, 11) is 0. The Morgan fingerprint density at radius 1 is 1.11 bits per heavy atom. The molecule has 27 heavy (non-hydrogen) atoms. The zero-order chi connectivity index (χ0) is 19.4. The van der Waals surface area contributed by atoms with Gasteiger partial charge in [0.1, 0.15) is 12.4 Å². The maximum absolute atomic E-state index is 13.4. The van der Waals surface area contributed by atoms with E-state index < -0.39 is 5.97 Å². The molecule has 0 saturated heterocycles. The fourth-order valence-electron chi connectivity index (χ4n) is 7.46. The Morgan fingerprint density at radius 3 is 2.63 bits per heavy atom. The molecule has 0 aromatic carbocycles. The van der Waals surface area contributed by atoms with E-state index >= 15 is 0 Å². The highest BCUT2D eigenvalue weighted by Crippen LogP contribution is 2.65. The molecular weight excluding hydrogens is 340 g/mol. The van der Waals surface area contributed by atoms with Gasteiger partial charge in [-0.25, -0.2) is 0 Å². The smallest absolute Gasteiger partial charge is 0.303 e. The van der Waals surface area contributed by atoms with E-state index in [0.29, 0.717) is 30.0 Å². The van der Waals surface area contributed by atoms with E-state index in [4.69, 9.17) is 4.74 Å². The van der Waals surface area contributed by atoms with Gasteiger partial charge in [0, 0.05) is 25.2 Å². The summed E-state index contributed by atoms with van der Waals surface area (Å²) in [5, 5.41) is 0. The maximum Gasteiger partial charge on any atom is 0.303 e. The third-order valence-electron chi connectivity index (χ3n) is 8.70. The summed E-state index contributed by atoms with van der Waals surface area (Å²) in [5.41, 5.74) is -0.168. The molecule has 0 aliphatic heterocycles. The van der Waals surface area contributed by atoms with Crippen molar-refractivity contribution in [1.29, 1.82) is 0 Å². The van der Waals surface area contributed by atoms with Crippen LogP contribution in [0.3, 0.4) is 0 Å². The molecule has 4 aliphatic rings. The molecule has 0 aromatic rings. The zero-order valence-corrected chi connectivity index (χ0v) is 16.8. The van der Waals surface area contributed by atoms with Gasteiger partial charge in [-0.2, -0.15) is 0 Å². The third-order valence-corrected chi connectivity index (χ3v) is 8.70. The van der Waals surface area contributed by atoms with Crippen LogP contribution in [0, 0.1) is 40.4 Å². The van der Waals surface area contributed by atoms with E-state index in [0.717, 1.165) is 32.1 Å². The van der Waals surface area contributed by atoms with Gasteiger partial charge >= 0.3 is 5.97 Å². The van der Waals surface area contributed by atoms with Crippen molar-refractivity contribution in [2.24, 2.45) is 40.4 Å². The van der Waals surface area contributed by atoms with Crippen molar-refractivity contribution in [3.8, 4) is 0 Å². The fourth-order valence-corrected chi connectivity index (χ4v) is 7.46. The lowest BCUT2D eigenvalue weighted by Crippen LogP contribution is -2.56. The molecule has 0 heterocycles. The number of ketones is 2. The zero-order valence-electron chi connectivity index (χ0n) is 16.8. The van der Waals surface area contributed by atoms with Crippen molar-refractivity contribution in [1.82, 2.24) is 0 Å². The fraction of sp³-hybridized carbons (Fsp3) is 0.783. The number of hydrogen-bond acceptors (Lipinski definition) is 4. The highest BCUT2D eigenvalue weighted by atomic mass is 16.5. The van der Waals surface area contributed by atoms with E-state index in [1.54, 1.807) is 0 Å². The highest BCUT2D eigenvalue weighted by molar-refractivity contribution is 5.89. The minimum atomic E-state index is -0.417. The van der Waals surface area contributed by atoms with Crippen LogP contribution in [0.5, 0.6) is 0 Å². The number of Topliss-reactive ketones (excluding diaryl/α,β-unsaturated/α-hetero) is 2. The highest BCUT2D eigenvalue weighted by Gasteiger charge is 2.63. The van der Waals surface area contributed by atoms with Crippen LogP contribution < -0.4 is 0 Å². The van der Waals surface area contributed by atoms with Crippen molar-refractivity contribution >= 4 is 17.5 Å². The predicted octanol–water partition coefficient (Wildman–Crippen LogP) is 4.12. The molecule has 0 spiro atoms. The Bertz CT molecular complexity index is 694. The van der Waals surface area contributed by atoms with Crippen LogP contribution in [-0.2, 0) is 19.1 Å². The minimum absolute atomic E-state index is 0.00180. The summed E-state index contributed by atoms with van der Waals surface area (Å²) >= 11 is 0. The molecule has 0 N–H and O–H groups in total. The van der Waals surface area contributed by atoms with Crippen molar-refractivity contribution in [2.45, 2.75) is 65.7 Å². The number of hydrogen-bond donors (Lipinski definition) is 0. The molecular formula is C23H32O4. The first-order valence-corrected chi connectivity index (χ1v) is 10.6.